The number of amides is 2. The molecule has 3 rings (SSSR count). The summed E-state index contributed by atoms with van der Waals surface area (Å²) in [7, 11) is 0. The highest BCUT2D eigenvalue weighted by Crippen LogP contribution is 2.23. The molecule has 0 unspecified atom stereocenters. The molecule has 0 spiro atoms. The lowest BCUT2D eigenvalue weighted by atomic mass is 10.3. The number of morpholine rings is 1. The van der Waals surface area contributed by atoms with Crippen LogP contribution in [0, 0.1) is 0 Å². The van der Waals surface area contributed by atoms with E-state index in [0.717, 1.165) is 18.8 Å². The Kier molecular flexibility index (Phi) is 4.61. The normalized spacial score (nSPS) is 18.6. The minimum atomic E-state index is -0.145. The van der Waals surface area contributed by atoms with Gasteiger partial charge in [0.1, 0.15) is 12.4 Å². The number of nitrogens with zero attached hydrogens (tertiary/aromatic N) is 3. The van der Waals surface area contributed by atoms with Gasteiger partial charge >= 0.3 is 0 Å². The fourth-order valence-electron chi connectivity index (χ4n) is 2.70. The molecule has 0 atom stereocenters. The fourth-order valence-corrected chi connectivity index (χ4v) is 2.70. The molecular formula is C15H20N4O4. The largest absolute Gasteiger partial charge is 0.476 e. The number of ether oxygens (including phenoxy) is 2. The SMILES string of the molecule is Nc1cc(N2CCOCC2)cc(OCCN2C(=O)CCC2=O)n1. The van der Waals surface area contributed by atoms with Gasteiger partial charge in [0.25, 0.3) is 0 Å². The third-order valence-electron chi connectivity index (χ3n) is 3.90. The Balaban J connectivity index is 1.60. The number of rotatable bonds is 5. The number of likely N-dealkylation sites (tertiary alicyclic amines) is 1. The highest BCUT2D eigenvalue weighted by molar-refractivity contribution is 6.01. The van der Waals surface area contributed by atoms with Gasteiger partial charge < -0.3 is 20.1 Å². The zero-order chi connectivity index (χ0) is 16.2. The Labute approximate surface area is 134 Å². The summed E-state index contributed by atoms with van der Waals surface area (Å²) in [5, 5.41) is 0. The average Bonchev–Trinajstić information content (AvgIpc) is 2.87. The topological polar surface area (TPSA) is 98.0 Å². The summed E-state index contributed by atoms with van der Waals surface area (Å²) in [6.45, 7) is 3.38. The van der Waals surface area contributed by atoms with Crippen molar-refractivity contribution < 1.29 is 19.1 Å². The van der Waals surface area contributed by atoms with Crippen molar-refractivity contribution in [1.82, 2.24) is 9.88 Å². The van der Waals surface area contributed by atoms with E-state index in [1.165, 1.54) is 4.90 Å². The number of carbonyl (C=O) groups excluding carboxylic acids is 2. The van der Waals surface area contributed by atoms with Gasteiger partial charge in [-0.25, -0.2) is 0 Å². The van der Waals surface area contributed by atoms with Crippen LogP contribution in [-0.2, 0) is 14.3 Å². The van der Waals surface area contributed by atoms with Gasteiger partial charge in [-0.15, -0.1) is 0 Å². The van der Waals surface area contributed by atoms with E-state index in [1.54, 1.807) is 6.07 Å². The Morgan fingerprint density at radius 3 is 2.57 bits per heavy atom. The maximum absolute atomic E-state index is 11.5. The number of pyridine rings is 1. The zero-order valence-electron chi connectivity index (χ0n) is 12.9. The van der Waals surface area contributed by atoms with Crippen molar-refractivity contribution in [1.29, 1.82) is 0 Å². The Morgan fingerprint density at radius 1 is 1.17 bits per heavy atom. The molecule has 0 radical (unpaired) electrons. The van der Waals surface area contributed by atoms with Crippen molar-refractivity contribution >= 4 is 23.3 Å². The first-order chi connectivity index (χ1) is 11.1. The van der Waals surface area contributed by atoms with Gasteiger partial charge in [0, 0.05) is 43.8 Å². The van der Waals surface area contributed by atoms with E-state index < -0.39 is 0 Å². The predicted octanol–water partition coefficient (Wildman–Crippen LogP) is 0.0282. The van der Waals surface area contributed by atoms with E-state index in [9.17, 15) is 9.59 Å². The van der Waals surface area contributed by atoms with E-state index in [4.69, 9.17) is 15.2 Å². The molecule has 1 aromatic rings. The summed E-state index contributed by atoms with van der Waals surface area (Å²) < 4.78 is 10.9. The number of imide groups is 1. The van der Waals surface area contributed by atoms with Crippen LogP contribution in [0.1, 0.15) is 12.8 Å². The first-order valence-electron chi connectivity index (χ1n) is 7.70. The van der Waals surface area contributed by atoms with Crippen molar-refractivity contribution in [3.8, 4) is 5.88 Å². The van der Waals surface area contributed by atoms with Crippen LogP contribution in [-0.4, -0.2) is 61.2 Å². The van der Waals surface area contributed by atoms with Crippen LogP contribution in [0.3, 0.4) is 0 Å². The molecule has 2 aliphatic heterocycles. The third-order valence-corrected chi connectivity index (χ3v) is 3.90. The minimum absolute atomic E-state index is 0.145. The number of nitrogen functional groups attached to an aromatic ring is 1. The van der Waals surface area contributed by atoms with Gasteiger partial charge in [-0.2, -0.15) is 4.98 Å². The van der Waals surface area contributed by atoms with Crippen LogP contribution >= 0.6 is 0 Å². The monoisotopic (exact) mass is 320 g/mol. The second-order valence-electron chi connectivity index (χ2n) is 5.48. The molecular weight excluding hydrogens is 300 g/mol. The first-order valence-corrected chi connectivity index (χ1v) is 7.70. The molecule has 2 amide bonds. The van der Waals surface area contributed by atoms with Crippen molar-refractivity contribution in [3.63, 3.8) is 0 Å². The molecule has 1 aromatic heterocycles. The Morgan fingerprint density at radius 2 is 1.87 bits per heavy atom. The molecule has 0 aliphatic carbocycles. The van der Waals surface area contributed by atoms with Gasteiger partial charge in [0.2, 0.25) is 17.7 Å². The molecule has 0 aromatic carbocycles. The van der Waals surface area contributed by atoms with Gasteiger partial charge in [-0.05, 0) is 0 Å². The van der Waals surface area contributed by atoms with Crippen LogP contribution in [0.15, 0.2) is 12.1 Å². The lowest BCUT2D eigenvalue weighted by Gasteiger charge is -2.29. The van der Waals surface area contributed by atoms with Crippen LogP contribution in [0.5, 0.6) is 5.88 Å². The third kappa shape index (κ3) is 3.70. The fraction of sp³-hybridized carbons (Fsp3) is 0.533. The number of hydrogen-bond donors (Lipinski definition) is 1. The maximum atomic E-state index is 11.5. The highest BCUT2D eigenvalue weighted by Gasteiger charge is 2.28. The molecule has 2 aliphatic rings. The second kappa shape index (κ2) is 6.82. The summed E-state index contributed by atoms with van der Waals surface area (Å²) in [5.41, 5.74) is 6.77. The lowest BCUT2D eigenvalue weighted by Crippen LogP contribution is -2.36. The molecule has 124 valence electrons. The van der Waals surface area contributed by atoms with Crippen LogP contribution < -0.4 is 15.4 Å². The molecule has 2 N–H and O–H groups in total. The van der Waals surface area contributed by atoms with E-state index in [2.05, 4.69) is 9.88 Å². The van der Waals surface area contributed by atoms with E-state index >= 15 is 0 Å². The molecule has 8 nitrogen and oxygen atoms in total. The summed E-state index contributed by atoms with van der Waals surface area (Å²) in [6.07, 6.45) is 0.576. The molecule has 0 bridgehead atoms. The van der Waals surface area contributed by atoms with E-state index in [-0.39, 0.29) is 37.8 Å². The van der Waals surface area contributed by atoms with Gasteiger partial charge in [0.05, 0.1) is 19.8 Å². The first kappa shape index (κ1) is 15.5. The number of aromatic nitrogens is 1. The zero-order valence-corrected chi connectivity index (χ0v) is 12.9. The summed E-state index contributed by atoms with van der Waals surface area (Å²) in [4.78, 5) is 30.6. The molecule has 2 fully saturated rings. The van der Waals surface area contributed by atoms with Crippen LogP contribution in [0.2, 0.25) is 0 Å². The quantitative estimate of drug-likeness (QED) is 0.764. The smallest absolute Gasteiger partial charge is 0.229 e. The Hall–Kier alpha value is -2.35. The van der Waals surface area contributed by atoms with E-state index in [1.807, 2.05) is 6.07 Å². The summed E-state index contributed by atoms with van der Waals surface area (Å²) >= 11 is 0. The molecule has 3 heterocycles. The molecule has 8 heteroatoms. The Bertz CT molecular complexity index is 585. The second-order valence-corrected chi connectivity index (χ2v) is 5.48. The molecule has 23 heavy (non-hydrogen) atoms. The predicted molar refractivity (Wildman–Crippen MR) is 83.1 cm³/mol. The lowest BCUT2D eigenvalue weighted by molar-refractivity contribution is -0.138. The average molecular weight is 320 g/mol. The van der Waals surface area contributed by atoms with Crippen LogP contribution in [0.25, 0.3) is 0 Å². The van der Waals surface area contributed by atoms with Gasteiger partial charge in [0.15, 0.2) is 0 Å². The molecule has 0 saturated carbocycles. The minimum Gasteiger partial charge on any atom is -0.476 e. The van der Waals surface area contributed by atoms with E-state index in [0.29, 0.717) is 24.9 Å². The summed E-state index contributed by atoms with van der Waals surface area (Å²) in [6, 6.07) is 3.61. The van der Waals surface area contributed by atoms with Gasteiger partial charge in [-0.1, -0.05) is 0 Å². The van der Waals surface area contributed by atoms with Crippen molar-refractivity contribution in [2.24, 2.45) is 0 Å². The maximum Gasteiger partial charge on any atom is 0.229 e. The van der Waals surface area contributed by atoms with Crippen LogP contribution in [0.4, 0.5) is 11.5 Å². The number of hydrogen-bond acceptors (Lipinski definition) is 7. The number of nitrogens with two attached hydrogens (primary N) is 1. The number of carbonyl (C=O) groups is 2. The standard InChI is InChI=1S/C15H20N4O4/c16-12-9-11(18-3-6-22-7-4-18)10-13(17-12)23-8-5-19-14(20)1-2-15(19)21/h9-10H,1-8H2,(H2,16,17). The van der Waals surface area contributed by atoms with Crippen molar-refractivity contribution in [2.45, 2.75) is 12.8 Å². The number of anilines is 2. The molecule has 2 saturated heterocycles. The summed E-state index contributed by atoms with van der Waals surface area (Å²) in [5.74, 6) is 0.476. The van der Waals surface area contributed by atoms with Crippen molar-refractivity contribution in [3.05, 3.63) is 12.1 Å². The van der Waals surface area contributed by atoms with Gasteiger partial charge in [-0.3, -0.25) is 14.5 Å². The van der Waals surface area contributed by atoms with Crippen molar-refractivity contribution in [2.75, 3.05) is 50.1 Å². The highest BCUT2D eigenvalue weighted by atomic mass is 16.5.